The van der Waals surface area contributed by atoms with Crippen LogP contribution in [-0.4, -0.2) is 13.7 Å². The third kappa shape index (κ3) is 6.68. The van der Waals surface area contributed by atoms with Gasteiger partial charge in [0.1, 0.15) is 5.75 Å². The molecule has 0 aliphatic carbocycles. The van der Waals surface area contributed by atoms with Crippen LogP contribution in [0.3, 0.4) is 0 Å². The summed E-state index contributed by atoms with van der Waals surface area (Å²) < 4.78 is 12.8. The van der Waals surface area contributed by atoms with Gasteiger partial charge < -0.3 is 9.47 Å². The molecule has 0 radical (unpaired) electrons. The summed E-state index contributed by atoms with van der Waals surface area (Å²) in [4.78, 5) is 0. The highest BCUT2D eigenvalue weighted by atomic mass is 127. The molecule has 0 saturated heterocycles. The van der Waals surface area contributed by atoms with Crippen molar-refractivity contribution < 1.29 is 9.47 Å². The van der Waals surface area contributed by atoms with Gasteiger partial charge in [0.05, 0.1) is 13.7 Å². The van der Waals surface area contributed by atoms with Crippen LogP contribution in [0.1, 0.15) is 24.8 Å². The summed E-state index contributed by atoms with van der Waals surface area (Å²) >= 11 is 2.25. The Labute approximate surface area is 117 Å². The van der Waals surface area contributed by atoms with Crippen molar-refractivity contribution in [3.63, 3.8) is 0 Å². The lowest BCUT2D eigenvalue weighted by atomic mass is 10.2. The van der Waals surface area contributed by atoms with E-state index in [1.54, 1.807) is 7.11 Å². The fraction of sp³-hybridized carbons (Fsp3) is 0.429. The van der Waals surface area contributed by atoms with Gasteiger partial charge in [-0.2, -0.15) is 0 Å². The van der Waals surface area contributed by atoms with Crippen LogP contribution >= 0.6 is 22.6 Å². The number of methoxy groups -OCH3 is 1. The first-order valence-electron chi connectivity index (χ1n) is 5.82. The second-order valence-electron chi connectivity index (χ2n) is 3.76. The van der Waals surface area contributed by atoms with Crippen molar-refractivity contribution in [3.05, 3.63) is 40.0 Å². The minimum atomic E-state index is 0.687. The molecule has 0 N–H and O–H groups in total. The fourth-order valence-electron chi connectivity index (χ4n) is 1.44. The lowest BCUT2D eigenvalue weighted by molar-refractivity contribution is 0.117. The number of allylic oxidation sites excluding steroid dienone is 1. The normalized spacial score (nSPS) is 10.9. The van der Waals surface area contributed by atoms with Crippen molar-refractivity contribution in [2.24, 2.45) is 0 Å². The molecule has 0 amide bonds. The van der Waals surface area contributed by atoms with Crippen molar-refractivity contribution in [2.75, 3.05) is 13.7 Å². The molecule has 0 spiro atoms. The predicted molar refractivity (Wildman–Crippen MR) is 79.7 cm³/mol. The highest BCUT2D eigenvalue weighted by molar-refractivity contribution is 14.1. The largest absolute Gasteiger partial charge is 0.497 e. The monoisotopic (exact) mass is 346 g/mol. The van der Waals surface area contributed by atoms with Gasteiger partial charge in [0.2, 0.25) is 0 Å². The predicted octanol–water partition coefficient (Wildman–Crippen LogP) is 4.33. The van der Waals surface area contributed by atoms with Crippen LogP contribution in [0.4, 0.5) is 0 Å². The number of rotatable bonds is 8. The Hall–Kier alpha value is -0.550. The Bertz CT molecular complexity index is 319. The minimum Gasteiger partial charge on any atom is -0.497 e. The summed E-state index contributed by atoms with van der Waals surface area (Å²) in [7, 11) is 1.68. The molecule has 1 aromatic rings. The van der Waals surface area contributed by atoms with E-state index in [1.165, 1.54) is 12.0 Å². The van der Waals surface area contributed by atoms with E-state index in [4.69, 9.17) is 9.47 Å². The molecular weight excluding hydrogens is 327 g/mol. The molecule has 0 saturated carbocycles. The van der Waals surface area contributed by atoms with Crippen LogP contribution in [0.15, 0.2) is 34.4 Å². The molecule has 0 aliphatic heterocycles. The van der Waals surface area contributed by atoms with E-state index in [0.717, 1.165) is 25.2 Å². The van der Waals surface area contributed by atoms with Gasteiger partial charge in [0, 0.05) is 6.61 Å². The molecule has 0 heterocycles. The van der Waals surface area contributed by atoms with E-state index in [-0.39, 0.29) is 0 Å². The Morgan fingerprint density at radius 3 is 2.59 bits per heavy atom. The summed E-state index contributed by atoms with van der Waals surface area (Å²) in [6.07, 6.45) is 5.65. The summed E-state index contributed by atoms with van der Waals surface area (Å²) in [5, 5.41) is 0. The molecule has 1 rings (SSSR count). The molecule has 1 aromatic carbocycles. The first-order valence-corrected chi connectivity index (χ1v) is 7.07. The molecule has 2 nitrogen and oxygen atoms in total. The van der Waals surface area contributed by atoms with E-state index in [2.05, 4.69) is 32.7 Å². The first kappa shape index (κ1) is 14.5. The van der Waals surface area contributed by atoms with Gasteiger partial charge >= 0.3 is 0 Å². The molecule has 0 bridgehead atoms. The average molecular weight is 346 g/mol. The van der Waals surface area contributed by atoms with Crippen molar-refractivity contribution in [1.29, 1.82) is 0 Å². The van der Waals surface area contributed by atoms with Crippen molar-refractivity contribution in [3.8, 4) is 5.75 Å². The summed E-state index contributed by atoms with van der Waals surface area (Å²) in [5.74, 6) is 0.888. The van der Waals surface area contributed by atoms with Crippen LogP contribution in [0.2, 0.25) is 0 Å². The van der Waals surface area contributed by atoms with E-state index < -0.39 is 0 Å². The second kappa shape index (κ2) is 9.48. The molecule has 3 heteroatoms. The number of hydrogen-bond donors (Lipinski definition) is 0. The lowest BCUT2D eigenvalue weighted by Gasteiger charge is -2.05. The topological polar surface area (TPSA) is 18.5 Å². The van der Waals surface area contributed by atoms with E-state index in [0.29, 0.717) is 6.61 Å². The molecule has 0 unspecified atom stereocenters. The molecular formula is C14H19IO2. The molecule has 94 valence electrons. The van der Waals surface area contributed by atoms with Gasteiger partial charge in [-0.1, -0.05) is 40.8 Å². The maximum absolute atomic E-state index is 5.61. The zero-order valence-corrected chi connectivity index (χ0v) is 12.4. The maximum Gasteiger partial charge on any atom is 0.118 e. The van der Waals surface area contributed by atoms with Crippen LogP contribution in [-0.2, 0) is 11.3 Å². The quantitative estimate of drug-likeness (QED) is 0.515. The van der Waals surface area contributed by atoms with Gasteiger partial charge in [0.15, 0.2) is 0 Å². The highest BCUT2D eigenvalue weighted by Gasteiger charge is 1.94. The van der Waals surface area contributed by atoms with Crippen molar-refractivity contribution in [1.82, 2.24) is 0 Å². The zero-order valence-electron chi connectivity index (χ0n) is 10.2. The lowest BCUT2D eigenvalue weighted by Crippen LogP contribution is -1.95. The molecule has 0 aliphatic rings. The van der Waals surface area contributed by atoms with Gasteiger partial charge in [-0.15, -0.1) is 0 Å². The molecule has 0 atom stereocenters. The minimum absolute atomic E-state index is 0.687. The smallest absolute Gasteiger partial charge is 0.118 e. The number of benzene rings is 1. The van der Waals surface area contributed by atoms with Gasteiger partial charge in [0.25, 0.3) is 0 Å². The van der Waals surface area contributed by atoms with Crippen LogP contribution in [0, 0.1) is 0 Å². The molecule has 0 aromatic heterocycles. The van der Waals surface area contributed by atoms with E-state index >= 15 is 0 Å². The Morgan fingerprint density at radius 2 is 1.94 bits per heavy atom. The number of halogens is 1. The summed E-state index contributed by atoms with van der Waals surface area (Å²) in [5.41, 5.74) is 1.19. The zero-order chi connectivity index (χ0) is 12.3. The van der Waals surface area contributed by atoms with E-state index in [9.17, 15) is 0 Å². The van der Waals surface area contributed by atoms with Gasteiger partial charge in [-0.25, -0.2) is 0 Å². The molecule has 0 fully saturated rings. The number of unbranched alkanes of at least 4 members (excludes halogenated alkanes) is 2. The Morgan fingerprint density at radius 1 is 1.18 bits per heavy atom. The summed E-state index contributed by atoms with van der Waals surface area (Å²) in [6, 6.07) is 8.00. The summed E-state index contributed by atoms with van der Waals surface area (Å²) in [6.45, 7) is 1.52. The fourth-order valence-corrected chi connectivity index (χ4v) is 1.80. The third-order valence-corrected chi connectivity index (χ3v) is 2.93. The van der Waals surface area contributed by atoms with Gasteiger partial charge in [-0.3, -0.25) is 0 Å². The highest BCUT2D eigenvalue weighted by Crippen LogP contribution is 2.12. The first-order chi connectivity index (χ1) is 8.36. The second-order valence-corrected chi connectivity index (χ2v) is 4.48. The number of hydrogen-bond acceptors (Lipinski definition) is 2. The average Bonchev–Trinajstić information content (AvgIpc) is 2.38. The Balaban J connectivity index is 2.09. The van der Waals surface area contributed by atoms with Crippen LogP contribution in [0.5, 0.6) is 5.75 Å². The maximum atomic E-state index is 5.61. The van der Waals surface area contributed by atoms with Gasteiger partial charge in [-0.05, 0) is 41.0 Å². The van der Waals surface area contributed by atoms with Crippen molar-refractivity contribution in [2.45, 2.75) is 25.9 Å². The Kier molecular flexibility index (Phi) is 8.09. The number of ether oxygens (including phenoxy) is 2. The van der Waals surface area contributed by atoms with Crippen LogP contribution < -0.4 is 4.74 Å². The third-order valence-electron chi connectivity index (χ3n) is 2.43. The van der Waals surface area contributed by atoms with Crippen molar-refractivity contribution >= 4 is 22.6 Å². The van der Waals surface area contributed by atoms with Crippen LogP contribution in [0.25, 0.3) is 0 Å². The standard InChI is InChI=1S/C14H19IO2/c1-16-14-8-6-13(7-9-14)12-17-11-5-3-2-4-10-15/h4,6-10H,2-3,5,11-12H2,1H3/b10-4+. The SMILES string of the molecule is COc1ccc(COCCCC/C=C/I)cc1. The molecule has 17 heavy (non-hydrogen) atoms. The van der Waals surface area contributed by atoms with E-state index in [1.807, 2.05) is 24.3 Å².